The average molecular weight is 356 g/mol. The van der Waals surface area contributed by atoms with E-state index in [0.717, 1.165) is 43.0 Å². The Labute approximate surface area is 157 Å². The maximum atomic E-state index is 5.57. The van der Waals surface area contributed by atoms with E-state index >= 15 is 0 Å². The molecule has 2 aromatic heterocycles. The summed E-state index contributed by atoms with van der Waals surface area (Å²) in [4.78, 5) is 11.6. The molecule has 1 aliphatic rings. The van der Waals surface area contributed by atoms with Crippen molar-refractivity contribution in [1.82, 2.24) is 20.0 Å². The Morgan fingerprint density at radius 1 is 1.00 bits per heavy atom. The smallest absolute Gasteiger partial charge is 0.231 e. The van der Waals surface area contributed by atoms with Crippen molar-refractivity contribution in [3.8, 4) is 11.4 Å². The minimum atomic E-state index is 0.295. The molecule has 0 aliphatic carbocycles. The van der Waals surface area contributed by atoms with Crippen LogP contribution in [-0.2, 0) is 6.54 Å². The molecule has 1 aliphatic heterocycles. The van der Waals surface area contributed by atoms with Gasteiger partial charge in [0.25, 0.3) is 0 Å². The SMILES string of the molecule is c1ccc(-c2noc(C3CCN(Cc4ccnc5ccccc45)C3)n2)cc1. The Bertz CT molecular complexity index is 1050. The Morgan fingerprint density at radius 3 is 2.78 bits per heavy atom. The molecule has 1 saturated heterocycles. The lowest BCUT2D eigenvalue weighted by molar-refractivity contribution is 0.310. The highest BCUT2D eigenvalue weighted by Crippen LogP contribution is 2.29. The standard InChI is InChI=1S/C22H20N4O/c1-2-6-16(7-3-1)21-24-22(27-25-21)18-11-13-26(15-18)14-17-10-12-23-20-9-5-4-8-19(17)20/h1-10,12,18H,11,13-15H2. The van der Waals surface area contributed by atoms with Crippen molar-refractivity contribution in [3.05, 3.63) is 78.3 Å². The number of benzene rings is 2. The van der Waals surface area contributed by atoms with Gasteiger partial charge in [-0.05, 0) is 30.7 Å². The maximum Gasteiger partial charge on any atom is 0.231 e. The van der Waals surface area contributed by atoms with E-state index in [0.29, 0.717) is 11.7 Å². The summed E-state index contributed by atoms with van der Waals surface area (Å²) in [5, 5.41) is 5.40. The average Bonchev–Trinajstić information content (AvgIpc) is 3.39. The van der Waals surface area contributed by atoms with Crippen molar-refractivity contribution < 1.29 is 4.52 Å². The summed E-state index contributed by atoms with van der Waals surface area (Å²) in [6, 6.07) is 20.4. The lowest BCUT2D eigenvalue weighted by Gasteiger charge is -2.16. The van der Waals surface area contributed by atoms with Gasteiger partial charge in [0.1, 0.15) is 0 Å². The zero-order valence-corrected chi connectivity index (χ0v) is 15.0. The second-order valence-electron chi connectivity index (χ2n) is 7.03. The summed E-state index contributed by atoms with van der Waals surface area (Å²) in [5.41, 5.74) is 3.36. The van der Waals surface area contributed by atoms with Gasteiger partial charge < -0.3 is 4.52 Å². The van der Waals surface area contributed by atoms with Crippen LogP contribution in [0.5, 0.6) is 0 Å². The van der Waals surface area contributed by atoms with Crippen molar-refractivity contribution in [1.29, 1.82) is 0 Å². The molecule has 0 saturated carbocycles. The minimum Gasteiger partial charge on any atom is -0.339 e. The van der Waals surface area contributed by atoms with Crippen molar-refractivity contribution in [3.63, 3.8) is 0 Å². The normalized spacial score (nSPS) is 17.6. The van der Waals surface area contributed by atoms with E-state index in [-0.39, 0.29) is 0 Å². The molecular formula is C22H20N4O. The van der Waals surface area contributed by atoms with Crippen LogP contribution >= 0.6 is 0 Å². The van der Waals surface area contributed by atoms with E-state index in [1.54, 1.807) is 0 Å². The van der Waals surface area contributed by atoms with E-state index in [1.165, 1.54) is 10.9 Å². The highest BCUT2D eigenvalue weighted by molar-refractivity contribution is 5.81. The summed E-state index contributed by atoms with van der Waals surface area (Å²) in [7, 11) is 0. The van der Waals surface area contributed by atoms with Crippen LogP contribution in [0.4, 0.5) is 0 Å². The molecule has 2 aromatic carbocycles. The predicted octanol–water partition coefficient (Wildman–Crippen LogP) is 4.27. The number of fused-ring (bicyclic) bond motifs is 1. The van der Waals surface area contributed by atoms with Crippen molar-refractivity contribution >= 4 is 10.9 Å². The van der Waals surface area contributed by atoms with E-state index in [9.17, 15) is 0 Å². The van der Waals surface area contributed by atoms with Crippen molar-refractivity contribution in [2.24, 2.45) is 0 Å². The minimum absolute atomic E-state index is 0.295. The van der Waals surface area contributed by atoms with Crippen LogP contribution in [0, 0.1) is 0 Å². The monoisotopic (exact) mass is 356 g/mol. The summed E-state index contributed by atoms with van der Waals surface area (Å²) in [5.74, 6) is 1.71. The van der Waals surface area contributed by atoms with E-state index in [1.807, 2.05) is 42.6 Å². The number of nitrogens with zero attached hydrogens (tertiary/aromatic N) is 4. The van der Waals surface area contributed by atoms with Crippen LogP contribution in [-0.4, -0.2) is 33.1 Å². The Morgan fingerprint density at radius 2 is 1.85 bits per heavy atom. The third kappa shape index (κ3) is 3.22. The molecule has 1 unspecified atom stereocenters. The van der Waals surface area contributed by atoms with E-state index < -0.39 is 0 Å². The fraction of sp³-hybridized carbons (Fsp3) is 0.227. The molecule has 0 radical (unpaired) electrons. The molecular weight excluding hydrogens is 336 g/mol. The van der Waals surface area contributed by atoms with Gasteiger partial charge in [-0.3, -0.25) is 9.88 Å². The maximum absolute atomic E-state index is 5.57. The molecule has 0 amide bonds. The van der Waals surface area contributed by atoms with Crippen LogP contribution < -0.4 is 0 Å². The van der Waals surface area contributed by atoms with Crippen LogP contribution in [0.3, 0.4) is 0 Å². The van der Waals surface area contributed by atoms with E-state index in [2.05, 4.69) is 44.3 Å². The van der Waals surface area contributed by atoms with Crippen LogP contribution in [0.25, 0.3) is 22.3 Å². The molecule has 5 rings (SSSR count). The molecule has 0 N–H and O–H groups in total. The molecule has 3 heterocycles. The summed E-state index contributed by atoms with van der Waals surface area (Å²) >= 11 is 0. The second kappa shape index (κ2) is 6.93. The quantitative estimate of drug-likeness (QED) is 0.546. The first-order valence-electron chi connectivity index (χ1n) is 9.31. The van der Waals surface area contributed by atoms with Gasteiger partial charge in [0.15, 0.2) is 0 Å². The Hall–Kier alpha value is -3.05. The van der Waals surface area contributed by atoms with Crippen LogP contribution in [0.2, 0.25) is 0 Å². The number of rotatable bonds is 4. The molecule has 0 bridgehead atoms. The van der Waals surface area contributed by atoms with Gasteiger partial charge in [0, 0.05) is 30.2 Å². The molecule has 1 fully saturated rings. The number of aromatic nitrogens is 3. The van der Waals surface area contributed by atoms with Crippen molar-refractivity contribution in [2.45, 2.75) is 18.9 Å². The number of pyridine rings is 1. The molecule has 5 heteroatoms. The first-order valence-corrected chi connectivity index (χ1v) is 9.31. The number of hydrogen-bond donors (Lipinski definition) is 0. The summed E-state index contributed by atoms with van der Waals surface area (Å²) < 4.78 is 5.57. The predicted molar refractivity (Wildman–Crippen MR) is 104 cm³/mol. The topological polar surface area (TPSA) is 55.1 Å². The number of likely N-dealkylation sites (tertiary alicyclic amines) is 1. The van der Waals surface area contributed by atoms with Gasteiger partial charge in [0.2, 0.25) is 11.7 Å². The van der Waals surface area contributed by atoms with Gasteiger partial charge >= 0.3 is 0 Å². The second-order valence-corrected chi connectivity index (χ2v) is 7.03. The highest BCUT2D eigenvalue weighted by atomic mass is 16.5. The van der Waals surface area contributed by atoms with Gasteiger partial charge in [-0.15, -0.1) is 0 Å². The van der Waals surface area contributed by atoms with Gasteiger partial charge in [-0.1, -0.05) is 53.7 Å². The van der Waals surface area contributed by atoms with Gasteiger partial charge in [0.05, 0.1) is 11.4 Å². The first-order chi connectivity index (χ1) is 13.4. The Kier molecular flexibility index (Phi) is 4.14. The fourth-order valence-corrected chi connectivity index (χ4v) is 3.82. The Balaban J connectivity index is 1.31. The zero-order valence-electron chi connectivity index (χ0n) is 15.0. The first kappa shape index (κ1) is 16.1. The molecule has 4 aromatic rings. The number of hydrogen-bond acceptors (Lipinski definition) is 5. The third-order valence-corrected chi connectivity index (χ3v) is 5.23. The molecule has 1 atom stereocenters. The fourth-order valence-electron chi connectivity index (χ4n) is 3.82. The molecule has 5 nitrogen and oxygen atoms in total. The van der Waals surface area contributed by atoms with Crippen molar-refractivity contribution in [2.75, 3.05) is 13.1 Å². The van der Waals surface area contributed by atoms with E-state index in [4.69, 9.17) is 4.52 Å². The lowest BCUT2D eigenvalue weighted by Crippen LogP contribution is -2.20. The largest absolute Gasteiger partial charge is 0.339 e. The van der Waals surface area contributed by atoms with Crippen LogP contribution in [0.15, 0.2) is 71.4 Å². The molecule has 0 spiro atoms. The summed E-state index contributed by atoms with van der Waals surface area (Å²) in [6.07, 6.45) is 2.94. The summed E-state index contributed by atoms with van der Waals surface area (Å²) in [6.45, 7) is 2.89. The van der Waals surface area contributed by atoms with Crippen LogP contribution in [0.1, 0.15) is 23.8 Å². The lowest BCUT2D eigenvalue weighted by atomic mass is 10.1. The third-order valence-electron chi connectivity index (χ3n) is 5.23. The van der Waals surface area contributed by atoms with Gasteiger partial charge in [-0.2, -0.15) is 4.98 Å². The van der Waals surface area contributed by atoms with Gasteiger partial charge in [-0.25, -0.2) is 0 Å². The molecule has 134 valence electrons. The number of para-hydroxylation sites is 1. The zero-order chi connectivity index (χ0) is 18.1. The molecule has 27 heavy (non-hydrogen) atoms. The highest BCUT2D eigenvalue weighted by Gasteiger charge is 2.28.